The minimum Gasteiger partial charge on any atom is -0.341 e. The lowest BCUT2D eigenvalue weighted by Gasteiger charge is -2.09. The number of hydrogen-bond acceptors (Lipinski definition) is 2. The zero-order valence-electron chi connectivity index (χ0n) is 14.8. The van der Waals surface area contributed by atoms with Gasteiger partial charge in [-0.2, -0.15) is 0 Å². The molecule has 0 saturated carbocycles. The van der Waals surface area contributed by atoms with Crippen molar-refractivity contribution in [2.75, 3.05) is 0 Å². The van der Waals surface area contributed by atoms with Gasteiger partial charge in [-0.05, 0) is 17.7 Å². The van der Waals surface area contributed by atoms with Crippen molar-refractivity contribution in [2.45, 2.75) is 12.5 Å². The zero-order valence-corrected chi connectivity index (χ0v) is 15.5. The highest BCUT2D eigenvalue weighted by Crippen LogP contribution is 2.31. The predicted octanol–water partition coefficient (Wildman–Crippen LogP) is 5.64. The van der Waals surface area contributed by atoms with Gasteiger partial charge in [0, 0.05) is 28.6 Å². The average Bonchev–Trinajstić information content (AvgIpc) is 3.13. The van der Waals surface area contributed by atoms with Crippen molar-refractivity contribution in [3.05, 3.63) is 101 Å². The van der Waals surface area contributed by atoms with Gasteiger partial charge in [0.05, 0.1) is 11.4 Å². The molecule has 0 fully saturated rings. The highest BCUT2D eigenvalue weighted by molar-refractivity contribution is 6.30. The van der Waals surface area contributed by atoms with Gasteiger partial charge < -0.3 is 10.7 Å². The predicted molar refractivity (Wildman–Crippen MR) is 112 cm³/mol. The van der Waals surface area contributed by atoms with E-state index < -0.39 is 0 Å². The first-order chi connectivity index (χ1) is 13.2. The SMILES string of the molecule is NC(Cc1nc(-c2ccccc2)c(-c2ccc(Cl)cc2)[nH]1)c1ccccc1. The molecule has 4 aromatic rings. The molecular weight excluding hydrogens is 354 g/mol. The lowest BCUT2D eigenvalue weighted by atomic mass is 10.0. The Morgan fingerprint density at radius 2 is 1.44 bits per heavy atom. The van der Waals surface area contributed by atoms with Crippen molar-refractivity contribution in [1.82, 2.24) is 9.97 Å². The van der Waals surface area contributed by atoms with E-state index in [9.17, 15) is 0 Å². The van der Waals surface area contributed by atoms with Crippen LogP contribution in [0.3, 0.4) is 0 Å². The van der Waals surface area contributed by atoms with Gasteiger partial charge in [0.2, 0.25) is 0 Å². The van der Waals surface area contributed by atoms with E-state index in [-0.39, 0.29) is 6.04 Å². The van der Waals surface area contributed by atoms with Crippen molar-refractivity contribution in [2.24, 2.45) is 5.73 Å². The van der Waals surface area contributed by atoms with Crippen molar-refractivity contribution in [1.29, 1.82) is 0 Å². The highest BCUT2D eigenvalue weighted by Gasteiger charge is 2.16. The maximum atomic E-state index is 6.41. The fourth-order valence-corrected chi connectivity index (χ4v) is 3.30. The average molecular weight is 374 g/mol. The Labute approximate surface area is 163 Å². The highest BCUT2D eigenvalue weighted by atomic mass is 35.5. The number of nitrogens with zero attached hydrogens (tertiary/aromatic N) is 1. The van der Waals surface area contributed by atoms with Gasteiger partial charge in [-0.15, -0.1) is 0 Å². The maximum Gasteiger partial charge on any atom is 0.109 e. The number of halogens is 1. The first kappa shape index (κ1) is 17.5. The van der Waals surface area contributed by atoms with Crippen LogP contribution >= 0.6 is 11.6 Å². The Hall–Kier alpha value is -2.88. The van der Waals surface area contributed by atoms with Crippen LogP contribution in [0, 0.1) is 0 Å². The summed E-state index contributed by atoms with van der Waals surface area (Å²) in [6.45, 7) is 0. The summed E-state index contributed by atoms with van der Waals surface area (Å²) in [5, 5.41) is 0.714. The third-order valence-electron chi connectivity index (χ3n) is 4.57. The summed E-state index contributed by atoms with van der Waals surface area (Å²) in [6, 6.07) is 28.0. The molecule has 0 bridgehead atoms. The minimum absolute atomic E-state index is 0.112. The van der Waals surface area contributed by atoms with E-state index in [1.165, 1.54) is 0 Å². The van der Waals surface area contributed by atoms with Crippen molar-refractivity contribution in [3.8, 4) is 22.5 Å². The molecule has 3 N–H and O–H groups in total. The second kappa shape index (κ2) is 7.78. The summed E-state index contributed by atoms with van der Waals surface area (Å²) in [5.41, 5.74) is 11.5. The van der Waals surface area contributed by atoms with Crippen LogP contribution in [-0.2, 0) is 6.42 Å². The Kier molecular flexibility index (Phi) is 5.05. The zero-order chi connectivity index (χ0) is 18.6. The smallest absolute Gasteiger partial charge is 0.109 e. The van der Waals surface area contributed by atoms with Crippen LogP contribution in [-0.4, -0.2) is 9.97 Å². The van der Waals surface area contributed by atoms with Gasteiger partial charge in [0.15, 0.2) is 0 Å². The van der Waals surface area contributed by atoms with Gasteiger partial charge in [0.25, 0.3) is 0 Å². The molecule has 134 valence electrons. The minimum atomic E-state index is -0.112. The molecule has 0 spiro atoms. The summed E-state index contributed by atoms with van der Waals surface area (Å²) in [6.07, 6.45) is 0.636. The summed E-state index contributed by atoms with van der Waals surface area (Å²) >= 11 is 6.06. The quantitative estimate of drug-likeness (QED) is 0.475. The van der Waals surface area contributed by atoms with Crippen molar-refractivity contribution < 1.29 is 0 Å². The molecule has 1 heterocycles. The normalized spacial score (nSPS) is 12.1. The fourth-order valence-electron chi connectivity index (χ4n) is 3.18. The number of imidazole rings is 1. The van der Waals surface area contributed by atoms with Crippen LogP contribution in [0.4, 0.5) is 0 Å². The first-order valence-electron chi connectivity index (χ1n) is 8.91. The molecule has 1 unspecified atom stereocenters. The number of nitrogens with one attached hydrogen (secondary N) is 1. The van der Waals surface area contributed by atoms with Crippen LogP contribution in [0.15, 0.2) is 84.9 Å². The van der Waals surface area contributed by atoms with Crippen LogP contribution in [0.1, 0.15) is 17.4 Å². The molecule has 3 nitrogen and oxygen atoms in total. The molecule has 0 aliphatic rings. The molecule has 0 radical (unpaired) electrons. The molecule has 0 aliphatic carbocycles. The molecular formula is C23H20ClN3. The third kappa shape index (κ3) is 3.95. The molecule has 1 atom stereocenters. The summed E-state index contributed by atoms with van der Waals surface area (Å²) in [4.78, 5) is 8.36. The third-order valence-corrected chi connectivity index (χ3v) is 4.83. The van der Waals surface area contributed by atoms with Crippen LogP contribution < -0.4 is 5.73 Å². The van der Waals surface area contributed by atoms with Crippen LogP contribution in [0.2, 0.25) is 5.02 Å². The first-order valence-corrected chi connectivity index (χ1v) is 9.29. The van der Waals surface area contributed by atoms with Gasteiger partial charge in [-0.25, -0.2) is 4.98 Å². The standard InChI is InChI=1S/C23H20ClN3/c24-19-13-11-18(12-14-19)23-22(17-9-5-2-6-10-17)26-21(27-23)15-20(25)16-7-3-1-4-8-16/h1-14,20H,15,25H2,(H,26,27). The number of aromatic nitrogens is 2. The van der Waals surface area contributed by atoms with E-state index in [0.717, 1.165) is 33.9 Å². The number of aromatic amines is 1. The van der Waals surface area contributed by atoms with Crippen LogP contribution in [0.25, 0.3) is 22.5 Å². The number of hydrogen-bond donors (Lipinski definition) is 2. The monoisotopic (exact) mass is 373 g/mol. The van der Waals surface area contributed by atoms with Gasteiger partial charge in [-0.1, -0.05) is 84.4 Å². The van der Waals surface area contributed by atoms with E-state index in [1.807, 2.05) is 72.8 Å². The van der Waals surface area contributed by atoms with E-state index in [0.29, 0.717) is 11.4 Å². The maximum absolute atomic E-state index is 6.41. The lowest BCUT2D eigenvalue weighted by Crippen LogP contribution is -2.14. The number of benzene rings is 3. The summed E-state index contributed by atoms with van der Waals surface area (Å²) in [7, 11) is 0. The largest absolute Gasteiger partial charge is 0.341 e. The van der Waals surface area contributed by atoms with Gasteiger partial charge in [-0.3, -0.25) is 0 Å². The topological polar surface area (TPSA) is 54.7 Å². The molecule has 0 aliphatic heterocycles. The molecule has 1 aromatic heterocycles. The molecule has 4 rings (SSSR count). The van der Waals surface area contributed by atoms with E-state index in [4.69, 9.17) is 22.3 Å². The van der Waals surface area contributed by atoms with Crippen LogP contribution in [0.5, 0.6) is 0 Å². The second-order valence-corrected chi connectivity index (χ2v) is 6.94. The van der Waals surface area contributed by atoms with Crippen molar-refractivity contribution in [3.63, 3.8) is 0 Å². The molecule has 0 amide bonds. The Bertz CT molecular complexity index is 1010. The van der Waals surface area contributed by atoms with Gasteiger partial charge in [0.1, 0.15) is 5.82 Å². The fraction of sp³-hybridized carbons (Fsp3) is 0.0870. The number of H-pyrrole nitrogens is 1. The summed E-state index contributed by atoms with van der Waals surface area (Å²) in [5.74, 6) is 0.871. The Morgan fingerprint density at radius 3 is 2.11 bits per heavy atom. The molecule has 0 saturated heterocycles. The lowest BCUT2D eigenvalue weighted by molar-refractivity contribution is 0.695. The Balaban J connectivity index is 1.72. The van der Waals surface area contributed by atoms with Gasteiger partial charge >= 0.3 is 0 Å². The molecule has 4 heteroatoms. The number of rotatable bonds is 5. The van der Waals surface area contributed by atoms with E-state index in [1.54, 1.807) is 0 Å². The van der Waals surface area contributed by atoms with Crippen molar-refractivity contribution >= 4 is 11.6 Å². The molecule has 27 heavy (non-hydrogen) atoms. The van der Waals surface area contributed by atoms with E-state index in [2.05, 4.69) is 17.1 Å². The second-order valence-electron chi connectivity index (χ2n) is 6.50. The van der Waals surface area contributed by atoms with E-state index >= 15 is 0 Å². The Morgan fingerprint density at radius 1 is 0.815 bits per heavy atom. The summed E-state index contributed by atoms with van der Waals surface area (Å²) < 4.78 is 0. The number of nitrogens with two attached hydrogens (primary N) is 1. The molecule has 3 aromatic carbocycles.